The van der Waals surface area contributed by atoms with E-state index in [0.29, 0.717) is 5.92 Å². The van der Waals surface area contributed by atoms with Crippen molar-refractivity contribution in [2.75, 3.05) is 11.9 Å². The van der Waals surface area contributed by atoms with Gasteiger partial charge in [-0.15, -0.1) is 0 Å². The second-order valence-corrected chi connectivity index (χ2v) is 5.71. The van der Waals surface area contributed by atoms with Crippen LogP contribution < -0.4 is 10.9 Å². The van der Waals surface area contributed by atoms with Crippen LogP contribution in [0.5, 0.6) is 0 Å². The van der Waals surface area contributed by atoms with E-state index in [1.807, 2.05) is 0 Å². The molecule has 0 fully saturated rings. The Labute approximate surface area is 119 Å². The molecule has 20 heavy (non-hydrogen) atoms. The molecule has 1 aromatic heterocycles. The van der Waals surface area contributed by atoms with E-state index in [0.717, 1.165) is 60.0 Å². The number of nitrogens with one attached hydrogen (secondary N) is 1. The highest BCUT2D eigenvalue weighted by Gasteiger charge is 2.18. The summed E-state index contributed by atoms with van der Waals surface area (Å²) < 4.78 is 5.53. The Kier molecular flexibility index (Phi) is 3.51. The van der Waals surface area contributed by atoms with Crippen LogP contribution in [0.1, 0.15) is 50.2 Å². The molecule has 0 aliphatic carbocycles. The highest BCUT2D eigenvalue weighted by atomic mass is 16.4. The van der Waals surface area contributed by atoms with Crippen LogP contribution in [0, 0.1) is 0 Å². The first-order valence-corrected chi connectivity index (χ1v) is 7.54. The van der Waals surface area contributed by atoms with Crippen LogP contribution in [0.15, 0.2) is 27.4 Å². The molecule has 0 radical (unpaired) electrons. The summed E-state index contributed by atoms with van der Waals surface area (Å²) in [6.45, 7) is 5.36. The second kappa shape index (κ2) is 5.31. The number of rotatable bonds is 3. The minimum absolute atomic E-state index is 0.227. The number of hydrogen-bond acceptors (Lipinski definition) is 3. The maximum absolute atomic E-state index is 11.9. The van der Waals surface area contributed by atoms with Crippen LogP contribution in [0.3, 0.4) is 0 Å². The van der Waals surface area contributed by atoms with Crippen LogP contribution in [0.25, 0.3) is 11.0 Å². The zero-order valence-corrected chi connectivity index (χ0v) is 12.2. The average Bonchev–Trinajstić information content (AvgIpc) is 2.46. The third kappa shape index (κ3) is 2.21. The Bertz CT molecular complexity index is 687. The van der Waals surface area contributed by atoms with E-state index in [1.165, 1.54) is 0 Å². The zero-order valence-electron chi connectivity index (χ0n) is 12.2. The van der Waals surface area contributed by atoms with Crippen molar-refractivity contribution in [3.8, 4) is 0 Å². The molecule has 106 valence electrons. The van der Waals surface area contributed by atoms with Gasteiger partial charge in [-0.05, 0) is 42.9 Å². The van der Waals surface area contributed by atoms with Gasteiger partial charge in [-0.1, -0.05) is 20.3 Å². The first-order chi connectivity index (χ1) is 9.70. The molecule has 1 aromatic carbocycles. The lowest BCUT2D eigenvalue weighted by molar-refractivity contribution is 0.548. The van der Waals surface area contributed by atoms with Crippen LogP contribution in [-0.4, -0.2) is 6.54 Å². The highest BCUT2D eigenvalue weighted by molar-refractivity contribution is 5.88. The van der Waals surface area contributed by atoms with Crippen molar-refractivity contribution in [3.63, 3.8) is 0 Å². The molecule has 0 bridgehead atoms. The predicted octanol–water partition coefficient (Wildman–Crippen LogP) is 4.05. The second-order valence-electron chi connectivity index (χ2n) is 5.71. The number of aryl methyl sites for hydroxylation is 1. The van der Waals surface area contributed by atoms with E-state index in [9.17, 15) is 4.79 Å². The van der Waals surface area contributed by atoms with Crippen LogP contribution in [0.2, 0.25) is 0 Å². The molecular weight excluding hydrogens is 250 g/mol. The fraction of sp³-hybridized carbons (Fsp3) is 0.471. The Morgan fingerprint density at radius 3 is 3.05 bits per heavy atom. The quantitative estimate of drug-likeness (QED) is 0.856. The van der Waals surface area contributed by atoms with Crippen molar-refractivity contribution in [3.05, 3.63) is 39.7 Å². The van der Waals surface area contributed by atoms with Crippen molar-refractivity contribution >= 4 is 16.7 Å². The molecule has 3 nitrogen and oxygen atoms in total. The number of hydrogen-bond donors (Lipinski definition) is 1. The maximum Gasteiger partial charge on any atom is 0.336 e. The Morgan fingerprint density at radius 2 is 2.25 bits per heavy atom. The van der Waals surface area contributed by atoms with Crippen molar-refractivity contribution in [2.24, 2.45) is 0 Å². The van der Waals surface area contributed by atoms with Crippen LogP contribution in [-0.2, 0) is 6.42 Å². The van der Waals surface area contributed by atoms with E-state index < -0.39 is 0 Å². The lowest BCUT2D eigenvalue weighted by Crippen LogP contribution is -2.13. The fourth-order valence-electron chi connectivity index (χ4n) is 3.20. The third-order valence-electron chi connectivity index (χ3n) is 4.22. The summed E-state index contributed by atoms with van der Waals surface area (Å²) in [5.41, 5.74) is 3.98. The minimum atomic E-state index is -0.227. The molecule has 3 heteroatoms. The van der Waals surface area contributed by atoms with E-state index in [4.69, 9.17) is 4.42 Å². The molecule has 0 saturated heterocycles. The first kappa shape index (κ1) is 13.2. The van der Waals surface area contributed by atoms with Gasteiger partial charge in [0.15, 0.2) is 0 Å². The molecule has 1 atom stereocenters. The molecular formula is C17H21NO2. The Balaban J connectivity index is 2.24. The van der Waals surface area contributed by atoms with Gasteiger partial charge < -0.3 is 9.73 Å². The van der Waals surface area contributed by atoms with E-state index >= 15 is 0 Å². The molecule has 3 rings (SSSR count). The number of benzene rings is 1. The van der Waals surface area contributed by atoms with Gasteiger partial charge >= 0.3 is 5.63 Å². The van der Waals surface area contributed by atoms with Gasteiger partial charge in [-0.2, -0.15) is 0 Å². The monoisotopic (exact) mass is 271 g/mol. The Hall–Kier alpha value is -1.77. The van der Waals surface area contributed by atoms with Crippen molar-refractivity contribution < 1.29 is 4.42 Å². The summed E-state index contributed by atoms with van der Waals surface area (Å²) in [5, 5.41) is 4.49. The Morgan fingerprint density at radius 1 is 1.40 bits per heavy atom. The molecule has 1 aliphatic heterocycles. The first-order valence-electron chi connectivity index (χ1n) is 7.54. The molecule has 1 N–H and O–H groups in total. The average molecular weight is 271 g/mol. The van der Waals surface area contributed by atoms with E-state index in [2.05, 4.69) is 31.3 Å². The van der Waals surface area contributed by atoms with Crippen LogP contribution >= 0.6 is 0 Å². The number of anilines is 1. The van der Waals surface area contributed by atoms with Crippen molar-refractivity contribution in [1.29, 1.82) is 0 Å². The molecule has 2 heterocycles. The normalized spacial score (nSPS) is 15.7. The van der Waals surface area contributed by atoms with Crippen molar-refractivity contribution in [2.45, 2.75) is 45.4 Å². The topological polar surface area (TPSA) is 42.2 Å². The summed E-state index contributed by atoms with van der Waals surface area (Å²) in [6, 6.07) is 5.89. The third-order valence-corrected chi connectivity index (χ3v) is 4.22. The van der Waals surface area contributed by atoms with Crippen LogP contribution in [0.4, 0.5) is 5.69 Å². The SMILES string of the molecule is CCCC(C)c1cc(=O)oc2c3c(ccc12)NCCC3. The van der Waals surface area contributed by atoms with Gasteiger partial charge in [0.2, 0.25) is 0 Å². The standard InChI is InChI=1S/C17H21NO2/c1-3-5-11(2)14-10-16(19)20-17-12(14)7-8-15-13(17)6-4-9-18-15/h7-8,10-11,18H,3-6,9H2,1-2H3. The summed E-state index contributed by atoms with van der Waals surface area (Å²) >= 11 is 0. The maximum atomic E-state index is 11.9. The summed E-state index contributed by atoms with van der Waals surface area (Å²) in [4.78, 5) is 11.9. The molecule has 1 aliphatic rings. The minimum Gasteiger partial charge on any atom is -0.422 e. The lowest BCUT2D eigenvalue weighted by Gasteiger charge is -2.20. The molecule has 0 spiro atoms. The predicted molar refractivity (Wildman–Crippen MR) is 82.6 cm³/mol. The molecule has 2 aromatic rings. The summed E-state index contributed by atoms with van der Waals surface area (Å²) in [6.07, 6.45) is 4.28. The summed E-state index contributed by atoms with van der Waals surface area (Å²) in [5.74, 6) is 0.390. The van der Waals surface area contributed by atoms with E-state index in [1.54, 1.807) is 6.07 Å². The van der Waals surface area contributed by atoms with Gasteiger partial charge in [-0.3, -0.25) is 0 Å². The largest absolute Gasteiger partial charge is 0.422 e. The molecule has 1 unspecified atom stereocenters. The lowest BCUT2D eigenvalue weighted by atomic mass is 9.91. The van der Waals surface area contributed by atoms with Gasteiger partial charge in [0.25, 0.3) is 0 Å². The smallest absolute Gasteiger partial charge is 0.336 e. The zero-order chi connectivity index (χ0) is 14.1. The molecule has 0 amide bonds. The van der Waals surface area contributed by atoms with Crippen molar-refractivity contribution in [1.82, 2.24) is 0 Å². The van der Waals surface area contributed by atoms with Gasteiger partial charge in [0.05, 0.1) is 0 Å². The summed E-state index contributed by atoms with van der Waals surface area (Å²) in [7, 11) is 0. The number of fused-ring (bicyclic) bond motifs is 3. The van der Waals surface area contributed by atoms with Gasteiger partial charge in [0, 0.05) is 29.2 Å². The fourth-order valence-corrected chi connectivity index (χ4v) is 3.20. The van der Waals surface area contributed by atoms with E-state index in [-0.39, 0.29) is 5.63 Å². The molecule has 0 saturated carbocycles. The van der Waals surface area contributed by atoms with Gasteiger partial charge in [0.1, 0.15) is 5.58 Å². The van der Waals surface area contributed by atoms with Gasteiger partial charge in [-0.25, -0.2) is 4.79 Å². The highest BCUT2D eigenvalue weighted by Crippen LogP contribution is 2.34.